The van der Waals surface area contributed by atoms with Gasteiger partial charge in [0, 0.05) is 31.9 Å². The molecule has 0 spiro atoms. The normalized spacial score (nSPS) is 17.4. The second-order valence-corrected chi connectivity index (χ2v) is 4.77. The molecule has 4 nitrogen and oxygen atoms in total. The first-order chi connectivity index (χ1) is 8.63. The molecule has 1 saturated heterocycles. The number of likely N-dealkylation sites (N-methyl/N-ethyl adjacent to an activating group) is 1. The summed E-state index contributed by atoms with van der Waals surface area (Å²) in [5.41, 5.74) is 3.92. The minimum atomic E-state index is -0.251. The molecule has 1 aromatic rings. The molecule has 0 aliphatic carbocycles. The molecule has 0 unspecified atom stereocenters. The maximum Gasteiger partial charge on any atom is 0.185 e. The molecule has 0 atom stereocenters. The predicted molar refractivity (Wildman–Crippen MR) is 74.8 cm³/mol. The molecule has 6 heteroatoms. The Balaban J connectivity index is 1.80. The van der Waals surface area contributed by atoms with E-state index in [2.05, 4.69) is 27.7 Å². The molecule has 0 saturated carbocycles. The second kappa shape index (κ2) is 6.08. The van der Waals surface area contributed by atoms with E-state index < -0.39 is 0 Å². The fourth-order valence-electron chi connectivity index (χ4n) is 1.75. The Morgan fingerprint density at radius 2 is 1.78 bits per heavy atom. The van der Waals surface area contributed by atoms with Crippen LogP contribution in [0.1, 0.15) is 0 Å². The summed E-state index contributed by atoms with van der Waals surface area (Å²) in [7, 11) is 2.10. The third-order valence-electron chi connectivity index (χ3n) is 2.87. The van der Waals surface area contributed by atoms with Gasteiger partial charge in [0.25, 0.3) is 0 Å². The van der Waals surface area contributed by atoms with E-state index >= 15 is 0 Å². The van der Waals surface area contributed by atoms with Crippen LogP contribution in [0.15, 0.2) is 24.3 Å². The highest BCUT2D eigenvalue weighted by Crippen LogP contribution is 2.08. The Bertz CT molecular complexity index is 401. The van der Waals surface area contributed by atoms with Gasteiger partial charge in [-0.15, -0.1) is 0 Å². The molecule has 1 heterocycles. The molecule has 0 bridgehead atoms. The number of hydrazine groups is 1. The Hall–Kier alpha value is -1.24. The lowest BCUT2D eigenvalue weighted by Gasteiger charge is -2.33. The van der Waals surface area contributed by atoms with Gasteiger partial charge in [0.1, 0.15) is 5.82 Å². The number of anilines is 1. The van der Waals surface area contributed by atoms with Gasteiger partial charge in [0.05, 0.1) is 0 Å². The number of nitrogens with one attached hydrogen (secondary N) is 2. The maximum absolute atomic E-state index is 12.7. The average Bonchev–Trinajstić information content (AvgIpc) is 2.35. The van der Waals surface area contributed by atoms with E-state index in [9.17, 15) is 4.39 Å². The first kappa shape index (κ1) is 13.2. The van der Waals surface area contributed by atoms with Gasteiger partial charge in [-0.3, -0.25) is 5.43 Å². The fourth-order valence-corrected chi connectivity index (χ4v) is 2.00. The summed E-state index contributed by atoms with van der Waals surface area (Å²) in [6.07, 6.45) is 0. The van der Waals surface area contributed by atoms with Gasteiger partial charge < -0.3 is 10.2 Å². The highest BCUT2D eigenvalue weighted by Gasteiger charge is 2.14. The molecule has 1 aliphatic rings. The van der Waals surface area contributed by atoms with Crippen LogP contribution < -0.4 is 10.7 Å². The zero-order chi connectivity index (χ0) is 13.0. The van der Waals surface area contributed by atoms with Crippen LogP contribution in [-0.2, 0) is 0 Å². The van der Waals surface area contributed by atoms with Gasteiger partial charge in [-0.2, -0.15) is 0 Å². The lowest BCUT2D eigenvalue weighted by molar-refractivity contribution is 0.131. The molecular formula is C12H17FN4S. The molecule has 2 rings (SSSR count). The summed E-state index contributed by atoms with van der Waals surface area (Å²) >= 11 is 5.21. The van der Waals surface area contributed by atoms with Crippen LogP contribution in [0.4, 0.5) is 10.1 Å². The molecule has 0 aromatic heterocycles. The van der Waals surface area contributed by atoms with Crippen molar-refractivity contribution in [3.8, 4) is 0 Å². The van der Waals surface area contributed by atoms with Crippen molar-refractivity contribution in [1.82, 2.24) is 15.3 Å². The third-order valence-corrected chi connectivity index (χ3v) is 3.06. The van der Waals surface area contributed by atoms with E-state index in [1.54, 1.807) is 12.1 Å². The van der Waals surface area contributed by atoms with Crippen molar-refractivity contribution in [3.63, 3.8) is 0 Å². The number of benzene rings is 1. The third kappa shape index (κ3) is 3.90. The molecule has 1 fully saturated rings. The van der Waals surface area contributed by atoms with Crippen LogP contribution in [-0.4, -0.2) is 48.2 Å². The fraction of sp³-hybridized carbons (Fsp3) is 0.417. The zero-order valence-electron chi connectivity index (χ0n) is 10.3. The standard InChI is InChI=1S/C12H17FN4S/c1-16-6-8-17(9-7-16)15-12(18)14-11-4-2-10(13)3-5-11/h2-5H,6-9H2,1H3,(H2,14,15,18). The van der Waals surface area contributed by atoms with Crippen LogP contribution >= 0.6 is 12.2 Å². The van der Waals surface area contributed by atoms with Gasteiger partial charge in [0.15, 0.2) is 5.11 Å². The summed E-state index contributed by atoms with van der Waals surface area (Å²) in [5.74, 6) is -0.251. The monoisotopic (exact) mass is 268 g/mol. The summed E-state index contributed by atoms with van der Waals surface area (Å²) in [6, 6.07) is 6.13. The topological polar surface area (TPSA) is 30.5 Å². The lowest BCUT2D eigenvalue weighted by Crippen LogP contribution is -2.53. The van der Waals surface area contributed by atoms with Crippen LogP contribution in [0.25, 0.3) is 0 Å². The Labute approximate surface area is 112 Å². The molecule has 0 radical (unpaired) electrons. The molecular weight excluding hydrogens is 251 g/mol. The van der Waals surface area contributed by atoms with Crippen molar-refractivity contribution in [2.45, 2.75) is 0 Å². The molecule has 18 heavy (non-hydrogen) atoms. The van der Waals surface area contributed by atoms with Gasteiger partial charge in [-0.1, -0.05) is 0 Å². The van der Waals surface area contributed by atoms with E-state index in [-0.39, 0.29) is 5.82 Å². The van der Waals surface area contributed by atoms with E-state index in [1.807, 2.05) is 0 Å². The number of nitrogens with zero attached hydrogens (tertiary/aromatic N) is 2. The first-order valence-corrected chi connectivity index (χ1v) is 6.31. The lowest BCUT2D eigenvalue weighted by atomic mass is 10.3. The number of hydrogen-bond acceptors (Lipinski definition) is 3. The maximum atomic E-state index is 12.7. The van der Waals surface area contributed by atoms with Crippen molar-refractivity contribution in [3.05, 3.63) is 30.1 Å². The minimum Gasteiger partial charge on any atom is -0.332 e. The number of halogens is 1. The van der Waals surface area contributed by atoms with Crippen LogP contribution in [0, 0.1) is 5.82 Å². The summed E-state index contributed by atoms with van der Waals surface area (Å²) < 4.78 is 12.7. The molecule has 0 amide bonds. The molecule has 98 valence electrons. The second-order valence-electron chi connectivity index (χ2n) is 4.36. The highest BCUT2D eigenvalue weighted by atomic mass is 32.1. The highest BCUT2D eigenvalue weighted by molar-refractivity contribution is 7.80. The van der Waals surface area contributed by atoms with Gasteiger partial charge in [0.2, 0.25) is 0 Å². The smallest absolute Gasteiger partial charge is 0.185 e. The minimum absolute atomic E-state index is 0.251. The van der Waals surface area contributed by atoms with Gasteiger partial charge >= 0.3 is 0 Å². The van der Waals surface area contributed by atoms with Crippen LogP contribution in [0.2, 0.25) is 0 Å². The Morgan fingerprint density at radius 3 is 2.39 bits per heavy atom. The molecule has 2 N–H and O–H groups in total. The van der Waals surface area contributed by atoms with Gasteiger partial charge in [-0.25, -0.2) is 9.40 Å². The van der Waals surface area contributed by atoms with Crippen molar-refractivity contribution in [1.29, 1.82) is 0 Å². The quantitative estimate of drug-likeness (QED) is 0.789. The number of rotatable bonds is 2. The average molecular weight is 268 g/mol. The Kier molecular flexibility index (Phi) is 4.46. The Morgan fingerprint density at radius 1 is 1.17 bits per heavy atom. The summed E-state index contributed by atoms with van der Waals surface area (Å²) in [6.45, 7) is 3.90. The van der Waals surface area contributed by atoms with Crippen molar-refractivity contribution in [2.75, 3.05) is 38.5 Å². The molecule has 1 aliphatic heterocycles. The largest absolute Gasteiger partial charge is 0.332 e. The number of hydrogen-bond donors (Lipinski definition) is 2. The number of piperazine rings is 1. The van der Waals surface area contributed by atoms with Crippen LogP contribution in [0.3, 0.4) is 0 Å². The predicted octanol–water partition coefficient (Wildman–Crippen LogP) is 1.27. The van der Waals surface area contributed by atoms with Crippen LogP contribution in [0.5, 0.6) is 0 Å². The number of thiocarbonyl (C=S) groups is 1. The van der Waals surface area contributed by atoms with E-state index in [4.69, 9.17) is 12.2 Å². The first-order valence-electron chi connectivity index (χ1n) is 5.90. The van der Waals surface area contributed by atoms with Crippen molar-refractivity contribution >= 4 is 23.0 Å². The van der Waals surface area contributed by atoms with Crippen molar-refractivity contribution < 1.29 is 4.39 Å². The van der Waals surface area contributed by atoms with E-state index in [0.29, 0.717) is 5.11 Å². The van der Waals surface area contributed by atoms with E-state index in [1.165, 1.54) is 12.1 Å². The molecule has 1 aromatic carbocycles. The SMILES string of the molecule is CN1CCN(NC(=S)Nc2ccc(F)cc2)CC1. The zero-order valence-corrected chi connectivity index (χ0v) is 11.1. The van der Waals surface area contributed by atoms with Crippen molar-refractivity contribution in [2.24, 2.45) is 0 Å². The summed E-state index contributed by atoms with van der Waals surface area (Å²) in [5, 5.41) is 5.64. The summed E-state index contributed by atoms with van der Waals surface area (Å²) in [4.78, 5) is 2.27. The van der Waals surface area contributed by atoms with Gasteiger partial charge in [-0.05, 0) is 43.5 Å². The van der Waals surface area contributed by atoms with E-state index in [0.717, 1.165) is 31.9 Å².